The molecule has 3 rings (SSSR count). The van der Waals surface area contributed by atoms with E-state index in [1.807, 2.05) is 37.3 Å². The van der Waals surface area contributed by atoms with E-state index in [-0.39, 0.29) is 5.56 Å². The molecule has 0 aliphatic heterocycles. The first-order valence-electron chi connectivity index (χ1n) is 6.50. The number of hydrogen-bond donors (Lipinski definition) is 1. The monoisotopic (exact) mass is 265 g/mol. The molecule has 2 heterocycles. The van der Waals surface area contributed by atoms with Gasteiger partial charge in [0.05, 0.1) is 0 Å². The molecule has 0 bridgehead atoms. The molecule has 0 saturated carbocycles. The second-order valence-electron chi connectivity index (χ2n) is 4.79. The molecule has 0 radical (unpaired) electrons. The average Bonchev–Trinajstić information content (AvgIpc) is 2.81. The Kier molecular flexibility index (Phi) is 3.21. The molecule has 1 N–H and O–H groups in total. The summed E-state index contributed by atoms with van der Waals surface area (Å²) in [6.45, 7) is 2.05. The van der Waals surface area contributed by atoms with Crippen LogP contribution in [0.1, 0.15) is 16.7 Å². The van der Waals surface area contributed by atoms with Crippen LogP contribution in [0.5, 0.6) is 0 Å². The van der Waals surface area contributed by atoms with E-state index < -0.39 is 0 Å². The fraction of sp³-hybridized carbons (Fsp3) is 0.125. The number of aromatic amines is 1. The van der Waals surface area contributed by atoms with E-state index in [1.54, 1.807) is 18.5 Å². The first-order chi connectivity index (χ1) is 9.74. The van der Waals surface area contributed by atoms with Gasteiger partial charge in [-0.05, 0) is 24.6 Å². The summed E-state index contributed by atoms with van der Waals surface area (Å²) in [7, 11) is 0. The van der Waals surface area contributed by atoms with E-state index in [1.165, 1.54) is 10.2 Å². The van der Waals surface area contributed by atoms with Crippen molar-refractivity contribution in [2.45, 2.75) is 13.3 Å². The topological polar surface area (TPSA) is 50.7 Å². The molecular formula is C16H15N3O. The largest absolute Gasteiger partial charge is 0.296 e. The van der Waals surface area contributed by atoms with E-state index in [0.29, 0.717) is 12.2 Å². The first kappa shape index (κ1) is 12.4. The highest BCUT2D eigenvalue weighted by Crippen LogP contribution is 2.09. The number of rotatable bonds is 3. The minimum Gasteiger partial charge on any atom is -0.296 e. The molecule has 0 spiro atoms. The van der Waals surface area contributed by atoms with Crippen molar-refractivity contribution in [1.29, 1.82) is 0 Å². The van der Waals surface area contributed by atoms with Crippen molar-refractivity contribution in [3.63, 3.8) is 0 Å². The number of pyridine rings is 1. The maximum absolute atomic E-state index is 12.4. The summed E-state index contributed by atoms with van der Waals surface area (Å²) in [5, 5.41) is 2.97. The van der Waals surface area contributed by atoms with Crippen molar-refractivity contribution in [2.75, 3.05) is 0 Å². The lowest BCUT2D eigenvalue weighted by molar-refractivity contribution is 0.817. The molecule has 0 saturated heterocycles. The van der Waals surface area contributed by atoms with Crippen LogP contribution < -0.4 is 5.56 Å². The highest BCUT2D eigenvalue weighted by molar-refractivity contribution is 5.29. The van der Waals surface area contributed by atoms with Crippen molar-refractivity contribution in [3.8, 4) is 5.82 Å². The number of aryl methyl sites for hydroxylation is 1. The number of benzene rings is 1. The number of H-pyrrole nitrogens is 1. The van der Waals surface area contributed by atoms with Crippen LogP contribution >= 0.6 is 0 Å². The smallest absolute Gasteiger partial charge is 0.276 e. The predicted octanol–water partition coefficient (Wildman–Crippen LogP) is 2.46. The molecule has 1 aromatic carbocycles. The summed E-state index contributed by atoms with van der Waals surface area (Å²) in [5.41, 5.74) is 3.02. The van der Waals surface area contributed by atoms with Crippen LogP contribution in [-0.2, 0) is 6.42 Å². The minimum atomic E-state index is -0.0507. The summed E-state index contributed by atoms with van der Waals surface area (Å²) in [5.74, 6) is 0.605. The van der Waals surface area contributed by atoms with Crippen LogP contribution in [0.2, 0.25) is 0 Å². The lowest BCUT2D eigenvalue weighted by atomic mass is 10.1. The van der Waals surface area contributed by atoms with E-state index in [4.69, 9.17) is 0 Å². The maximum Gasteiger partial charge on any atom is 0.276 e. The molecule has 3 aromatic rings. The van der Waals surface area contributed by atoms with Crippen molar-refractivity contribution in [3.05, 3.63) is 81.9 Å². The van der Waals surface area contributed by atoms with Gasteiger partial charge in [-0.25, -0.2) is 9.67 Å². The molecule has 20 heavy (non-hydrogen) atoms. The lowest BCUT2D eigenvalue weighted by Crippen LogP contribution is -2.18. The molecule has 4 nitrogen and oxygen atoms in total. The van der Waals surface area contributed by atoms with Crippen molar-refractivity contribution in [2.24, 2.45) is 0 Å². The zero-order valence-electron chi connectivity index (χ0n) is 11.2. The van der Waals surface area contributed by atoms with E-state index in [9.17, 15) is 4.79 Å². The van der Waals surface area contributed by atoms with Gasteiger partial charge in [-0.1, -0.05) is 35.9 Å². The Labute approximate surface area is 116 Å². The number of hydrogen-bond acceptors (Lipinski definition) is 2. The van der Waals surface area contributed by atoms with Crippen LogP contribution in [0, 0.1) is 6.92 Å². The normalized spacial score (nSPS) is 10.7. The van der Waals surface area contributed by atoms with Crippen LogP contribution in [0.25, 0.3) is 5.82 Å². The predicted molar refractivity (Wildman–Crippen MR) is 78.2 cm³/mol. The Morgan fingerprint density at radius 2 is 2.10 bits per heavy atom. The molecule has 0 aliphatic carbocycles. The molecule has 2 aromatic heterocycles. The zero-order valence-corrected chi connectivity index (χ0v) is 11.2. The first-order valence-corrected chi connectivity index (χ1v) is 6.50. The van der Waals surface area contributed by atoms with Gasteiger partial charge in [-0.3, -0.25) is 9.89 Å². The van der Waals surface area contributed by atoms with Gasteiger partial charge in [0.25, 0.3) is 5.56 Å². The standard InChI is InChI=1S/C16H15N3O/c1-12-5-4-6-13(9-12)10-14-11-18-19(16(14)20)15-7-2-3-8-17-15/h2-9,11,18H,10H2,1H3. The van der Waals surface area contributed by atoms with Crippen LogP contribution in [-0.4, -0.2) is 14.8 Å². The highest BCUT2D eigenvalue weighted by Gasteiger charge is 2.09. The summed E-state index contributed by atoms with van der Waals surface area (Å²) in [4.78, 5) is 16.5. The molecule has 4 heteroatoms. The highest BCUT2D eigenvalue weighted by atomic mass is 16.1. The van der Waals surface area contributed by atoms with Gasteiger partial charge in [0.15, 0.2) is 5.82 Å². The van der Waals surface area contributed by atoms with Gasteiger partial charge in [0.1, 0.15) is 0 Å². The van der Waals surface area contributed by atoms with Crippen molar-refractivity contribution < 1.29 is 0 Å². The summed E-state index contributed by atoms with van der Waals surface area (Å²) < 4.78 is 1.46. The van der Waals surface area contributed by atoms with Gasteiger partial charge in [0.2, 0.25) is 0 Å². The summed E-state index contributed by atoms with van der Waals surface area (Å²) in [6.07, 6.45) is 4.04. The van der Waals surface area contributed by atoms with E-state index >= 15 is 0 Å². The van der Waals surface area contributed by atoms with Gasteiger partial charge in [-0.2, -0.15) is 0 Å². The second kappa shape index (κ2) is 5.17. The van der Waals surface area contributed by atoms with Crippen molar-refractivity contribution in [1.82, 2.24) is 14.8 Å². The Balaban J connectivity index is 1.94. The second-order valence-corrected chi connectivity index (χ2v) is 4.79. The maximum atomic E-state index is 12.4. The Bertz CT molecular complexity index is 772. The van der Waals surface area contributed by atoms with Gasteiger partial charge in [-0.15, -0.1) is 0 Å². The molecule has 0 unspecified atom stereocenters. The number of nitrogens with one attached hydrogen (secondary N) is 1. The fourth-order valence-corrected chi connectivity index (χ4v) is 2.23. The SMILES string of the molecule is Cc1cccc(Cc2c[nH]n(-c3ccccn3)c2=O)c1. The lowest BCUT2D eigenvalue weighted by Gasteiger charge is -2.00. The zero-order chi connectivity index (χ0) is 13.9. The summed E-state index contributed by atoms with van der Waals surface area (Å²) in [6, 6.07) is 13.7. The van der Waals surface area contributed by atoms with Crippen LogP contribution in [0.3, 0.4) is 0 Å². The third-order valence-electron chi connectivity index (χ3n) is 3.20. The number of nitrogens with zero attached hydrogens (tertiary/aromatic N) is 2. The molecule has 100 valence electrons. The Morgan fingerprint density at radius 1 is 1.20 bits per heavy atom. The fourth-order valence-electron chi connectivity index (χ4n) is 2.23. The Hall–Kier alpha value is -2.62. The molecule has 0 amide bonds. The third kappa shape index (κ3) is 2.40. The molecule has 0 atom stereocenters. The molecule has 0 fully saturated rings. The summed E-state index contributed by atoms with van der Waals surface area (Å²) >= 11 is 0. The van der Waals surface area contributed by atoms with Gasteiger partial charge in [0, 0.05) is 24.4 Å². The quantitative estimate of drug-likeness (QED) is 0.791. The third-order valence-corrected chi connectivity index (χ3v) is 3.20. The van der Waals surface area contributed by atoms with E-state index in [2.05, 4.69) is 16.1 Å². The molecular weight excluding hydrogens is 250 g/mol. The average molecular weight is 265 g/mol. The Morgan fingerprint density at radius 3 is 2.85 bits per heavy atom. The van der Waals surface area contributed by atoms with Gasteiger partial charge < -0.3 is 0 Å². The van der Waals surface area contributed by atoms with Crippen LogP contribution in [0.4, 0.5) is 0 Å². The minimum absolute atomic E-state index is 0.0507. The van der Waals surface area contributed by atoms with Gasteiger partial charge >= 0.3 is 0 Å². The van der Waals surface area contributed by atoms with Crippen LogP contribution in [0.15, 0.2) is 59.7 Å². The van der Waals surface area contributed by atoms with E-state index in [0.717, 1.165) is 11.1 Å². The van der Waals surface area contributed by atoms with Crippen molar-refractivity contribution >= 4 is 0 Å². The number of aromatic nitrogens is 3. The molecule has 0 aliphatic rings.